The van der Waals surface area contributed by atoms with E-state index in [-0.39, 0.29) is 21.9 Å². The van der Waals surface area contributed by atoms with E-state index in [2.05, 4.69) is 0 Å². The van der Waals surface area contributed by atoms with Crippen molar-refractivity contribution in [2.24, 2.45) is 0 Å². The van der Waals surface area contributed by atoms with Crippen molar-refractivity contribution < 1.29 is 13.2 Å². The van der Waals surface area contributed by atoms with Gasteiger partial charge in [-0.1, -0.05) is 42.6 Å². The van der Waals surface area contributed by atoms with Crippen LogP contribution in [0.25, 0.3) is 0 Å². The van der Waals surface area contributed by atoms with Crippen molar-refractivity contribution in [3.05, 3.63) is 59.1 Å². The number of hydrogen-bond acceptors (Lipinski definition) is 3. The molecular formula is C20H23ClN2O3S. The topological polar surface area (TPSA) is 57.7 Å². The van der Waals surface area contributed by atoms with E-state index in [0.29, 0.717) is 11.3 Å². The summed E-state index contributed by atoms with van der Waals surface area (Å²) < 4.78 is 27.3. The van der Waals surface area contributed by atoms with Crippen LogP contribution in [0.5, 0.6) is 0 Å². The van der Waals surface area contributed by atoms with Crippen molar-refractivity contribution in [3.63, 3.8) is 0 Å². The van der Waals surface area contributed by atoms with Crippen molar-refractivity contribution in [1.82, 2.24) is 4.90 Å². The van der Waals surface area contributed by atoms with Crippen LogP contribution in [0.1, 0.15) is 36.0 Å². The Morgan fingerprint density at radius 3 is 2.30 bits per heavy atom. The Morgan fingerprint density at radius 2 is 1.67 bits per heavy atom. The number of benzene rings is 2. The van der Waals surface area contributed by atoms with Crippen LogP contribution in [0, 0.1) is 0 Å². The Morgan fingerprint density at radius 1 is 1.04 bits per heavy atom. The van der Waals surface area contributed by atoms with Gasteiger partial charge in [0, 0.05) is 25.7 Å². The maximum absolute atomic E-state index is 13.1. The zero-order valence-electron chi connectivity index (χ0n) is 15.4. The molecule has 1 aliphatic carbocycles. The van der Waals surface area contributed by atoms with Gasteiger partial charge in [0.05, 0.1) is 10.7 Å². The molecule has 2 aromatic carbocycles. The van der Waals surface area contributed by atoms with E-state index >= 15 is 0 Å². The summed E-state index contributed by atoms with van der Waals surface area (Å²) in [4.78, 5) is 14.5. The molecule has 0 atom stereocenters. The zero-order valence-corrected chi connectivity index (χ0v) is 17.0. The number of nitrogens with zero attached hydrogens (tertiary/aromatic N) is 2. The van der Waals surface area contributed by atoms with Gasteiger partial charge >= 0.3 is 0 Å². The second-order valence-corrected chi connectivity index (χ2v) is 9.15. The Kier molecular flexibility index (Phi) is 5.77. The van der Waals surface area contributed by atoms with Gasteiger partial charge in [0.15, 0.2) is 0 Å². The number of para-hydroxylation sites is 1. The Balaban J connectivity index is 1.94. The Bertz CT molecular complexity index is 925. The predicted octanol–water partition coefficient (Wildman–Crippen LogP) is 4.18. The number of carbonyl (C=O) groups excluding carboxylic acids is 1. The van der Waals surface area contributed by atoms with Gasteiger partial charge in [-0.05, 0) is 43.2 Å². The van der Waals surface area contributed by atoms with Gasteiger partial charge in [-0.2, -0.15) is 0 Å². The molecule has 0 aliphatic heterocycles. The molecule has 0 spiro atoms. The fourth-order valence-electron chi connectivity index (χ4n) is 3.42. The van der Waals surface area contributed by atoms with Crippen LogP contribution in [0.4, 0.5) is 5.69 Å². The van der Waals surface area contributed by atoms with Crippen LogP contribution in [-0.4, -0.2) is 39.4 Å². The number of halogens is 1. The number of anilines is 1. The highest BCUT2D eigenvalue weighted by molar-refractivity contribution is 7.93. The summed E-state index contributed by atoms with van der Waals surface area (Å²) >= 11 is 6.19. The lowest BCUT2D eigenvalue weighted by Crippen LogP contribution is -2.35. The van der Waals surface area contributed by atoms with Crippen LogP contribution >= 0.6 is 11.6 Å². The minimum Gasteiger partial charge on any atom is -0.339 e. The molecule has 0 unspecified atom stereocenters. The van der Waals surface area contributed by atoms with E-state index in [9.17, 15) is 13.2 Å². The second kappa shape index (κ2) is 7.90. The molecule has 1 saturated carbocycles. The van der Waals surface area contributed by atoms with Gasteiger partial charge in [-0.15, -0.1) is 0 Å². The molecule has 144 valence electrons. The van der Waals surface area contributed by atoms with E-state index in [1.807, 2.05) is 6.07 Å². The first-order valence-electron chi connectivity index (χ1n) is 8.93. The zero-order chi connectivity index (χ0) is 19.6. The van der Waals surface area contributed by atoms with Crippen LogP contribution in [-0.2, 0) is 10.0 Å². The highest BCUT2D eigenvalue weighted by Crippen LogP contribution is 2.29. The van der Waals surface area contributed by atoms with E-state index in [4.69, 9.17) is 11.6 Å². The molecular weight excluding hydrogens is 384 g/mol. The molecule has 1 fully saturated rings. The molecule has 2 aromatic rings. The molecule has 0 heterocycles. The number of sulfonamides is 1. The average molecular weight is 407 g/mol. The Labute approximate surface area is 165 Å². The van der Waals surface area contributed by atoms with E-state index < -0.39 is 10.0 Å². The second-order valence-electron chi connectivity index (χ2n) is 6.81. The lowest BCUT2D eigenvalue weighted by Gasteiger charge is -2.25. The summed E-state index contributed by atoms with van der Waals surface area (Å²) in [5.74, 6) is -0.183. The third-order valence-corrected chi connectivity index (χ3v) is 7.40. The summed E-state index contributed by atoms with van der Waals surface area (Å²) in [5.41, 5.74) is 0.849. The monoisotopic (exact) mass is 406 g/mol. The van der Waals surface area contributed by atoms with Gasteiger partial charge in [0.25, 0.3) is 15.9 Å². The van der Waals surface area contributed by atoms with Gasteiger partial charge in [-0.3, -0.25) is 9.10 Å². The minimum atomic E-state index is -3.89. The fraction of sp³-hybridized carbons (Fsp3) is 0.350. The van der Waals surface area contributed by atoms with Crippen molar-refractivity contribution in [1.29, 1.82) is 0 Å². The normalized spacial score (nSPS) is 14.9. The van der Waals surface area contributed by atoms with Crippen molar-refractivity contribution in [2.75, 3.05) is 18.4 Å². The number of amides is 1. The van der Waals surface area contributed by atoms with Gasteiger partial charge in [0.1, 0.15) is 4.90 Å². The highest BCUT2D eigenvalue weighted by atomic mass is 35.5. The van der Waals surface area contributed by atoms with Gasteiger partial charge < -0.3 is 4.90 Å². The van der Waals surface area contributed by atoms with Crippen LogP contribution in [0.3, 0.4) is 0 Å². The van der Waals surface area contributed by atoms with Crippen molar-refractivity contribution >= 4 is 33.2 Å². The van der Waals surface area contributed by atoms with Crippen LogP contribution in [0.15, 0.2) is 53.4 Å². The smallest absolute Gasteiger partial charge is 0.265 e. The molecule has 3 rings (SSSR count). The molecule has 7 heteroatoms. The molecule has 0 bridgehead atoms. The summed E-state index contributed by atoms with van der Waals surface area (Å²) in [5, 5.41) is 0.0952. The number of rotatable bonds is 5. The van der Waals surface area contributed by atoms with Crippen LogP contribution < -0.4 is 4.31 Å². The first-order valence-corrected chi connectivity index (χ1v) is 10.7. The fourth-order valence-corrected chi connectivity index (χ4v) is 5.11. The molecule has 27 heavy (non-hydrogen) atoms. The SMILES string of the molecule is CN(C(=O)c1ccc(Cl)c(S(=O)(=O)N(C)c2ccccc2)c1)C1CCCC1. The quantitative estimate of drug-likeness (QED) is 0.748. The number of hydrogen-bond donors (Lipinski definition) is 0. The summed E-state index contributed by atoms with van der Waals surface area (Å²) in [6.45, 7) is 0. The molecule has 1 aliphatic rings. The van der Waals surface area contributed by atoms with Crippen LogP contribution in [0.2, 0.25) is 5.02 Å². The minimum absolute atomic E-state index is 0.0683. The average Bonchev–Trinajstić information content (AvgIpc) is 3.22. The van der Waals surface area contributed by atoms with Gasteiger partial charge in [-0.25, -0.2) is 8.42 Å². The first kappa shape index (κ1) is 19.7. The molecule has 0 saturated heterocycles. The largest absolute Gasteiger partial charge is 0.339 e. The third kappa shape index (κ3) is 3.96. The maximum atomic E-state index is 13.1. The highest BCUT2D eigenvalue weighted by Gasteiger charge is 2.28. The van der Waals surface area contributed by atoms with Gasteiger partial charge in [0.2, 0.25) is 0 Å². The van der Waals surface area contributed by atoms with Crippen molar-refractivity contribution in [3.8, 4) is 0 Å². The maximum Gasteiger partial charge on any atom is 0.265 e. The lowest BCUT2D eigenvalue weighted by molar-refractivity contribution is 0.0735. The number of carbonyl (C=O) groups is 1. The third-order valence-electron chi connectivity index (χ3n) is 5.13. The van der Waals surface area contributed by atoms with E-state index in [1.54, 1.807) is 42.3 Å². The molecule has 5 nitrogen and oxygen atoms in total. The lowest BCUT2D eigenvalue weighted by atomic mass is 10.1. The Hall–Kier alpha value is -2.05. The molecule has 1 amide bonds. The standard InChI is InChI=1S/C20H23ClN2O3S/c1-22(16-8-6-7-9-16)20(24)15-12-13-18(21)19(14-15)27(25,26)23(2)17-10-4-3-5-11-17/h3-5,10-14,16H,6-9H2,1-2H3. The summed E-state index contributed by atoms with van der Waals surface area (Å²) in [6.07, 6.45) is 4.20. The molecule has 0 N–H and O–H groups in total. The predicted molar refractivity (Wildman–Crippen MR) is 108 cm³/mol. The van der Waals surface area contributed by atoms with E-state index in [1.165, 1.54) is 23.5 Å². The van der Waals surface area contributed by atoms with Crippen molar-refractivity contribution in [2.45, 2.75) is 36.6 Å². The van der Waals surface area contributed by atoms with E-state index in [0.717, 1.165) is 25.7 Å². The summed E-state index contributed by atoms with van der Waals surface area (Å²) in [6, 6.07) is 13.4. The summed E-state index contributed by atoms with van der Waals surface area (Å²) in [7, 11) is -0.645. The molecule has 0 radical (unpaired) electrons. The first-order chi connectivity index (χ1) is 12.8. The molecule has 0 aromatic heterocycles.